The highest BCUT2D eigenvalue weighted by Gasteiger charge is 2.29. The molecule has 2 rings (SSSR count). The standard InChI is InChI=1S/C17H24F2N2O2/c1-17(2,3)23-16(22)21(15-4-6-20-7-5-15)11-12-8-13(18)10-14(19)9-12/h8-10,15,20H,4-7,11H2,1-3H3. The third-order valence-electron chi connectivity index (χ3n) is 3.65. The Morgan fingerprint density at radius 3 is 2.30 bits per heavy atom. The molecule has 1 aliphatic heterocycles. The van der Waals surface area contributed by atoms with E-state index < -0.39 is 23.3 Å². The van der Waals surface area contributed by atoms with E-state index in [9.17, 15) is 13.6 Å². The smallest absolute Gasteiger partial charge is 0.410 e. The number of halogens is 2. The number of carbonyl (C=O) groups is 1. The Morgan fingerprint density at radius 2 is 1.78 bits per heavy atom. The molecule has 0 aromatic heterocycles. The molecule has 4 nitrogen and oxygen atoms in total. The maximum absolute atomic E-state index is 13.4. The normalized spacial score (nSPS) is 16.2. The lowest BCUT2D eigenvalue weighted by atomic mass is 10.0. The van der Waals surface area contributed by atoms with E-state index in [0.717, 1.165) is 32.0 Å². The van der Waals surface area contributed by atoms with Gasteiger partial charge in [0.2, 0.25) is 0 Å². The zero-order valence-electron chi connectivity index (χ0n) is 13.9. The molecule has 1 saturated heterocycles. The molecule has 1 fully saturated rings. The van der Waals surface area contributed by atoms with Gasteiger partial charge in [0.25, 0.3) is 0 Å². The first kappa shape index (κ1) is 17.7. The van der Waals surface area contributed by atoms with Gasteiger partial charge in [0.05, 0.1) is 0 Å². The van der Waals surface area contributed by atoms with Gasteiger partial charge in [-0.2, -0.15) is 0 Å². The van der Waals surface area contributed by atoms with Crippen molar-refractivity contribution in [1.29, 1.82) is 0 Å². The second kappa shape index (κ2) is 7.25. The summed E-state index contributed by atoms with van der Waals surface area (Å²) in [6.07, 6.45) is 1.13. The SMILES string of the molecule is CC(C)(C)OC(=O)N(Cc1cc(F)cc(F)c1)C1CCNCC1. The molecule has 0 aliphatic carbocycles. The third-order valence-corrected chi connectivity index (χ3v) is 3.65. The van der Waals surface area contributed by atoms with E-state index in [2.05, 4.69) is 5.32 Å². The maximum atomic E-state index is 13.4. The van der Waals surface area contributed by atoms with E-state index in [4.69, 9.17) is 4.74 Å². The summed E-state index contributed by atoms with van der Waals surface area (Å²) >= 11 is 0. The van der Waals surface area contributed by atoms with Crippen LogP contribution in [0, 0.1) is 11.6 Å². The molecule has 0 unspecified atom stereocenters. The van der Waals surface area contributed by atoms with Gasteiger partial charge < -0.3 is 15.0 Å². The van der Waals surface area contributed by atoms with Crippen LogP contribution in [-0.4, -0.2) is 35.7 Å². The van der Waals surface area contributed by atoms with Crippen LogP contribution in [0.5, 0.6) is 0 Å². The van der Waals surface area contributed by atoms with Gasteiger partial charge in [-0.1, -0.05) is 0 Å². The monoisotopic (exact) mass is 326 g/mol. The molecular weight excluding hydrogens is 302 g/mol. The Bertz CT molecular complexity index is 532. The molecular formula is C17H24F2N2O2. The summed E-state index contributed by atoms with van der Waals surface area (Å²) in [7, 11) is 0. The number of ether oxygens (including phenoxy) is 1. The van der Waals surface area contributed by atoms with Gasteiger partial charge in [-0.3, -0.25) is 0 Å². The maximum Gasteiger partial charge on any atom is 0.410 e. The molecule has 0 atom stereocenters. The summed E-state index contributed by atoms with van der Waals surface area (Å²) in [5.41, 5.74) is -0.193. The molecule has 1 N–H and O–H groups in total. The van der Waals surface area contributed by atoms with E-state index in [1.165, 1.54) is 12.1 Å². The molecule has 0 saturated carbocycles. The first-order valence-electron chi connectivity index (χ1n) is 7.90. The molecule has 1 aromatic carbocycles. The zero-order valence-corrected chi connectivity index (χ0v) is 13.9. The number of amides is 1. The topological polar surface area (TPSA) is 41.6 Å². The van der Waals surface area contributed by atoms with Gasteiger partial charge in [-0.25, -0.2) is 13.6 Å². The first-order valence-corrected chi connectivity index (χ1v) is 7.90. The van der Waals surface area contributed by atoms with E-state index in [-0.39, 0.29) is 12.6 Å². The Morgan fingerprint density at radius 1 is 1.22 bits per heavy atom. The fraction of sp³-hybridized carbons (Fsp3) is 0.588. The van der Waals surface area contributed by atoms with Crippen molar-refractivity contribution in [3.8, 4) is 0 Å². The van der Waals surface area contributed by atoms with Crippen molar-refractivity contribution in [2.75, 3.05) is 13.1 Å². The molecule has 0 spiro atoms. The van der Waals surface area contributed by atoms with E-state index in [1.54, 1.807) is 25.7 Å². The number of piperidine rings is 1. The summed E-state index contributed by atoms with van der Waals surface area (Å²) in [6, 6.07) is 3.33. The largest absolute Gasteiger partial charge is 0.444 e. The number of nitrogens with one attached hydrogen (secondary N) is 1. The lowest BCUT2D eigenvalue weighted by Gasteiger charge is -2.36. The summed E-state index contributed by atoms with van der Waals surface area (Å²) in [6.45, 7) is 7.14. The van der Waals surface area contributed by atoms with Gasteiger partial charge in [0.1, 0.15) is 17.2 Å². The molecule has 1 aliphatic rings. The number of rotatable bonds is 3. The quantitative estimate of drug-likeness (QED) is 0.925. The van der Waals surface area contributed by atoms with Crippen LogP contribution in [0.4, 0.5) is 13.6 Å². The summed E-state index contributed by atoms with van der Waals surface area (Å²) in [5, 5.41) is 3.24. The second-order valence-electron chi connectivity index (χ2n) is 6.87. The van der Waals surface area contributed by atoms with Gasteiger partial charge in [0.15, 0.2) is 0 Å². The highest BCUT2D eigenvalue weighted by Crippen LogP contribution is 2.20. The van der Waals surface area contributed by atoms with Gasteiger partial charge in [-0.15, -0.1) is 0 Å². The van der Waals surface area contributed by atoms with E-state index >= 15 is 0 Å². The van der Waals surface area contributed by atoms with Crippen LogP contribution < -0.4 is 5.32 Å². The molecule has 1 heterocycles. The minimum atomic E-state index is -0.644. The number of hydrogen-bond acceptors (Lipinski definition) is 3. The van der Waals surface area contributed by atoms with Crippen LogP contribution in [0.2, 0.25) is 0 Å². The van der Waals surface area contributed by atoms with Crippen molar-refractivity contribution < 1.29 is 18.3 Å². The first-order chi connectivity index (χ1) is 10.7. The van der Waals surface area contributed by atoms with Crippen LogP contribution >= 0.6 is 0 Å². The Kier molecular flexibility index (Phi) is 5.57. The molecule has 23 heavy (non-hydrogen) atoms. The van der Waals surface area contributed by atoms with E-state index in [0.29, 0.717) is 5.56 Å². The number of benzene rings is 1. The highest BCUT2D eigenvalue weighted by atomic mass is 19.1. The van der Waals surface area contributed by atoms with Crippen molar-refractivity contribution in [1.82, 2.24) is 10.2 Å². The molecule has 1 aromatic rings. The fourth-order valence-corrected chi connectivity index (χ4v) is 2.68. The van der Waals surface area contributed by atoms with Crippen molar-refractivity contribution in [2.45, 2.75) is 51.8 Å². The third kappa shape index (κ3) is 5.46. The second-order valence-corrected chi connectivity index (χ2v) is 6.87. The van der Waals surface area contributed by atoms with Gasteiger partial charge in [-0.05, 0) is 64.4 Å². The molecule has 0 radical (unpaired) electrons. The number of hydrogen-bond donors (Lipinski definition) is 1. The van der Waals surface area contributed by atoms with Crippen LogP contribution in [0.25, 0.3) is 0 Å². The van der Waals surface area contributed by atoms with Gasteiger partial charge >= 0.3 is 6.09 Å². The molecule has 128 valence electrons. The Hall–Kier alpha value is -1.69. The summed E-state index contributed by atoms with van der Waals surface area (Å²) < 4.78 is 32.3. The number of carbonyl (C=O) groups excluding carboxylic acids is 1. The average Bonchev–Trinajstić information content (AvgIpc) is 2.42. The zero-order chi connectivity index (χ0) is 17.0. The van der Waals surface area contributed by atoms with Crippen LogP contribution in [0.3, 0.4) is 0 Å². The van der Waals surface area contributed by atoms with Crippen LogP contribution in [0.1, 0.15) is 39.2 Å². The minimum Gasteiger partial charge on any atom is -0.444 e. The van der Waals surface area contributed by atoms with Crippen molar-refractivity contribution in [3.05, 3.63) is 35.4 Å². The van der Waals surface area contributed by atoms with Gasteiger partial charge in [0, 0.05) is 18.7 Å². The van der Waals surface area contributed by atoms with Crippen molar-refractivity contribution in [2.24, 2.45) is 0 Å². The van der Waals surface area contributed by atoms with Crippen molar-refractivity contribution >= 4 is 6.09 Å². The summed E-state index contributed by atoms with van der Waals surface area (Å²) in [4.78, 5) is 14.1. The lowest BCUT2D eigenvalue weighted by molar-refractivity contribution is 0.0106. The number of nitrogens with zero attached hydrogens (tertiary/aromatic N) is 1. The average molecular weight is 326 g/mol. The fourth-order valence-electron chi connectivity index (χ4n) is 2.68. The molecule has 6 heteroatoms. The Labute approximate surface area is 135 Å². The molecule has 1 amide bonds. The van der Waals surface area contributed by atoms with Crippen LogP contribution in [-0.2, 0) is 11.3 Å². The van der Waals surface area contributed by atoms with E-state index in [1.807, 2.05) is 0 Å². The van der Waals surface area contributed by atoms with Crippen molar-refractivity contribution in [3.63, 3.8) is 0 Å². The predicted octanol–water partition coefficient (Wildman–Crippen LogP) is 3.45. The lowest BCUT2D eigenvalue weighted by Crippen LogP contribution is -2.47. The van der Waals surface area contributed by atoms with Crippen LogP contribution in [0.15, 0.2) is 18.2 Å². The minimum absolute atomic E-state index is 0.00238. The molecule has 0 bridgehead atoms. The predicted molar refractivity (Wildman–Crippen MR) is 84.0 cm³/mol. The summed E-state index contributed by atoms with van der Waals surface area (Å²) in [5.74, 6) is -1.29. The Balaban J connectivity index is 2.19. The highest BCUT2D eigenvalue weighted by molar-refractivity contribution is 5.68.